The predicted molar refractivity (Wildman–Crippen MR) is 115 cm³/mol. The molecular weight excluding hydrogens is 444 g/mol. The molecule has 0 saturated carbocycles. The van der Waals surface area contributed by atoms with Crippen LogP contribution in [0.1, 0.15) is 32.7 Å². The molecule has 160 valence electrons. The Morgan fingerprint density at radius 1 is 1.19 bits per heavy atom. The number of nitrogens with one attached hydrogen (secondary N) is 1. The van der Waals surface area contributed by atoms with Gasteiger partial charge in [0, 0.05) is 17.2 Å². The van der Waals surface area contributed by atoms with Crippen molar-refractivity contribution in [3.8, 4) is 5.69 Å². The van der Waals surface area contributed by atoms with Gasteiger partial charge in [-0.3, -0.25) is 14.9 Å². The number of aryl methyl sites for hydroxylation is 2. The van der Waals surface area contributed by atoms with E-state index in [-0.39, 0.29) is 27.9 Å². The third-order valence-corrected chi connectivity index (χ3v) is 6.77. The summed E-state index contributed by atoms with van der Waals surface area (Å²) < 4.78 is 25.8. The van der Waals surface area contributed by atoms with E-state index in [1.165, 1.54) is 16.8 Å². The lowest BCUT2D eigenvalue weighted by atomic mass is 10.1. The summed E-state index contributed by atoms with van der Waals surface area (Å²) in [7, 11) is -3.36. The molecule has 1 aromatic heterocycles. The summed E-state index contributed by atoms with van der Waals surface area (Å²) in [5.74, 6) is -0.873. The number of amides is 1. The molecule has 0 unspecified atom stereocenters. The SMILES string of the molecule is Cc1ccc(-n2nc3c(c2NC(=O)c2ccc(Cl)c([N+](=O)[O-])c2)CS(=O)(=O)C3)c(C)c1. The van der Waals surface area contributed by atoms with Crippen LogP contribution in [0.15, 0.2) is 36.4 Å². The van der Waals surface area contributed by atoms with Crippen LogP contribution >= 0.6 is 11.6 Å². The smallest absolute Gasteiger partial charge is 0.288 e. The van der Waals surface area contributed by atoms with Crippen molar-refractivity contribution >= 4 is 38.9 Å². The molecule has 1 amide bonds. The third kappa shape index (κ3) is 3.91. The fraction of sp³-hybridized carbons (Fsp3) is 0.200. The maximum atomic E-state index is 12.9. The van der Waals surface area contributed by atoms with Crippen LogP contribution in [-0.2, 0) is 21.3 Å². The molecule has 0 fully saturated rings. The van der Waals surface area contributed by atoms with Crippen LogP contribution in [0.3, 0.4) is 0 Å². The molecule has 0 radical (unpaired) electrons. The maximum Gasteiger partial charge on any atom is 0.288 e. The number of rotatable bonds is 4. The lowest BCUT2D eigenvalue weighted by molar-refractivity contribution is -0.384. The van der Waals surface area contributed by atoms with E-state index in [0.29, 0.717) is 16.9 Å². The number of anilines is 1. The molecule has 0 saturated heterocycles. The second-order valence-corrected chi connectivity index (χ2v) is 9.86. The van der Waals surface area contributed by atoms with Crippen molar-refractivity contribution in [1.29, 1.82) is 0 Å². The van der Waals surface area contributed by atoms with Gasteiger partial charge in [0.25, 0.3) is 11.6 Å². The normalized spacial score (nSPS) is 14.3. The number of carbonyl (C=O) groups excluding carboxylic acids is 1. The second kappa shape index (κ2) is 7.47. The standard InChI is InChI=1S/C20H17ClN4O5S/c1-11-3-6-17(12(2)7-11)24-19(14-9-31(29,30)10-16(14)23-24)22-20(26)13-4-5-15(21)18(8-13)25(27)28/h3-8H,9-10H2,1-2H3,(H,22,26). The molecule has 0 spiro atoms. The number of carbonyl (C=O) groups is 1. The molecule has 1 aliphatic heterocycles. The highest BCUT2D eigenvalue weighted by Gasteiger charge is 2.33. The quantitative estimate of drug-likeness (QED) is 0.467. The first-order chi connectivity index (χ1) is 14.6. The molecule has 1 aliphatic rings. The van der Waals surface area contributed by atoms with Crippen LogP contribution in [0.25, 0.3) is 5.69 Å². The number of sulfone groups is 1. The predicted octanol–water partition coefficient (Wildman–Crippen LogP) is 3.73. The Hall–Kier alpha value is -3.24. The zero-order chi connectivity index (χ0) is 22.5. The summed E-state index contributed by atoms with van der Waals surface area (Å²) in [6.45, 7) is 3.84. The highest BCUT2D eigenvalue weighted by molar-refractivity contribution is 7.90. The first kappa shape index (κ1) is 21.0. The molecule has 3 aromatic rings. The molecule has 9 nitrogen and oxygen atoms in total. The minimum absolute atomic E-state index is 0.0130. The Morgan fingerprint density at radius 2 is 1.94 bits per heavy atom. The summed E-state index contributed by atoms with van der Waals surface area (Å²) >= 11 is 5.83. The molecule has 0 aliphatic carbocycles. The Morgan fingerprint density at radius 3 is 2.61 bits per heavy atom. The first-order valence-corrected chi connectivity index (χ1v) is 11.4. The van der Waals surface area contributed by atoms with Gasteiger partial charge in [-0.15, -0.1) is 0 Å². The van der Waals surface area contributed by atoms with Crippen LogP contribution in [0, 0.1) is 24.0 Å². The Balaban J connectivity index is 1.80. The fourth-order valence-corrected chi connectivity index (χ4v) is 5.24. The van der Waals surface area contributed by atoms with Crippen LogP contribution in [0.4, 0.5) is 11.5 Å². The Labute approximate surface area is 182 Å². The van der Waals surface area contributed by atoms with Gasteiger partial charge in [-0.05, 0) is 37.6 Å². The van der Waals surface area contributed by atoms with E-state index in [1.807, 2.05) is 32.0 Å². The zero-order valence-electron chi connectivity index (χ0n) is 16.5. The average Bonchev–Trinajstić information content (AvgIpc) is 3.14. The van der Waals surface area contributed by atoms with Crippen LogP contribution < -0.4 is 5.32 Å². The van der Waals surface area contributed by atoms with Crippen molar-refractivity contribution in [1.82, 2.24) is 9.78 Å². The van der Waals surface area contributed by atoms with Crippen molar-refractivity contribution in [2.45, 2.75) is 25.4 Å². The molecule has 0 bridgehead atoms. The number of benzene rings is 2. The number of aromatic nitrogens is 2. The molecule has 1 N–H and O–H groups in total. The van der Waals surface area contributed by atoms with E-state index in [2.05, 4.69) is 10.4 Å². The summed E-state index contributed by atoms with van der Waals surface area (Å²) in [6, 6.07) is 9.38. The van der Waals surface area contributed by atoms with Gasteiger partial charge < -0.3 is 5.32 Å². The summed E-state index contributed by atoms with van der Waals surface area (Å²) in [5, 5.41) is 18.2. The maximum absolute atomic E-state index is 12.9. The topological polar surface area (TPSA) is 124 Å². The number of nitrogens with zero attached hydrogens (tertiary/aromatic N) is 3. The summed E-state index contributed by atoms with van der Waals surface area (Å²) in [6.07, 6.45) is 0. The van der Waals surface area contributed by atoms with E-state index in [1.54, 1.807) is 0 Å². The van der Waals surface area contributed by atoms with Crippen molar-refractivity contribution in [3.63, 3.8) is 0 Å². The monoisotopic (exact) mass is 460 g/mol. The van der Waals surface area contributed by atoms with Gasteiger partial charge in [0.05, 0.1) is 27.8 Å². The molecule has 0 atom stereocenters. The lowest BCUT2D eigenvalue weighted by Crippen LogP contribution is -2.17. The fourth-order valence-electron chi connectivity index (χ4n) is 3.56. The van der Waals surface area contributed by atoms with Crippen molar-refractivity contribution < 1.29 is 18.1 Å². The number of hydrogen-bond acceptors (Lipinski definition) is 6. The molecule has 31 heavy (non-hydrogen) atoms. The number of nitro benzene ring substituents is 1. The van der Waals surface area contributed by atoms with Crippen molar-refractivity contribution in [2.75, 3.05) is 5.32 Å². The largest absolute Gasteiger partial charge is 0.306 e. The lowest BCUT2D eigenvalue weighted by Gasteiger charge is -2.13. The molecule has 11 heteroatoms. The van der Waals surface area contributed by atoms with Gasteiger partial charge in [-0.1, -0.05) is 29.3 Å². The van der Waals surface area contributed by atoms with Gasteiger partial charge in [0.15, 0.2) is 9.84 Å². The van der Waals surface area contributed by atoms with Crippen LogP contribution in [-0.4, -0.2) is 29.0 Å². The van der Waals surface area contributed by atoms with Crippen molar-refractivity contribution in [2.24, 2.45) is 0 Å². The number of halogens is 1. The van der Waals surface area contributed by atoms with Gasteiger partial charge in [-0.2, -0.15) is 5.10 Å². The van der Waals surface area contributed by atoms with Gasteiger partial charge in [0.1, 0.15) is 10.8 Å². The highest BCUT2D eigenvalue weighted by atomic mass is 35.5. The first-order valence-electron chi connectivity index (χ1n) is 9.20. The van der Waals surface area contributed by atoms with E-state index in [4.69, 9.17) is 11.6 Å². The van der Waals surface area contributed by atoms with Gasteiger partial charge >= 0.3 is 0 Å². The summed E-state index contributed by atoms with van der Waals surface area (Å²) in [4.78, 5) is 23.4. The number of fused-ring (bicyclic) bond motifs is 1. The van der Waals surface area contributed by atoms with Gasteiger partial charge in [-0.25, -0.2) is 13.1 Å². The number of nitro groups is 1. The third-order valence-electron chi connectivity index (χ3n) is 5.01. The Kier molecular flexibility index (Phi) is 5.06. The zero-order valence-corrected chi connectivity index (χ0v) is 18.1. The minimum Gasteiger partial charge on any atom is -0.306 e. The van der Waals surface area contributed by atoms with Gasteiger partial charge in [0.2, 0.25) is 0 Å². The van der Waals surface area contributed by atoms with E-state index in [9.17, 15) is 23.3 Å². The average molecular weight is 461 g/mol. The van der Waals surface area contributed by atoms with E-state index >= 15 is 0 Å². The molecule has 2 aromatic carbocycles. The van der Waals surface area contributed by atoms with Crippen molar-refractivity contribution in [3.05, 3.63) is 79.5 Å². The highest BCUT2D eigenvalue weighted by Crippen LogP contribution is 2.34. The minimum atomic E-state index is -3.36. The summed E-state index contributed by atoms with van der Waals surface area (Å²) in [5.41, 5.74) is 3.03. The van der Waals surface area contributed by atoms with Crippen LogP contribution in [0.5, 0.6) is 0 Å². The molecule has 2 heterocycles. The van der Waals surface area contributed by atoms with E-state index < -0.39 is 26.4 Å². The second-order valence-electron chi connectivity index (χ2n) is 7.39. The molecular formula is C20H17ClN4O5S. The Bertz CT molecular complexity index is 1360. The molecule has 4 rings (SSSR count). The van der Waals surface area contributed by atoms with E-state index in [0.717, 1.165) is 17.2 Å². The van der Waals surface area contributed by atoms with Crippen LogP contribution in [0.2, 0.25) is 5.02 Å². The number of hydrogen-bond donors (Lipinski definition) is 1.